The molecule has 2 heteroatoms. The van der Waals surface area contributed by atoms with Crippen LogP contribution in [-0.4, -0.2) is 14.2 Å². The molecule has 2 aliphatic rings. The molecule has 0 amide bonds. The first-order chi connectivity index (χ1) is 8.72. The third kappa shape index (κ3) is 5.54. The van der Waals surface area contributed by atoms with Crippen molar-refractivity contribution in [2.24, 2.45) is 11.8 Å². The summed E-state index contributed by atoms with van der Waals surface area (Å²) in [5, 5.41) is 0. The fourth-order valence-electron chi connectivity index (χ4n) is 2.11. The highest BCUT2D eigenvalue weighted by molar-refractivity contribution is 5.39. The molecule has 0 radical (unpaired) electrons. The summed E-state index contributed by atoms with van der Waals surface area (Å²) in [6.07, 6.45) is 7.79. The van der Waals surface area contributed by atoms with Crippen LogP contribution in [0.25, 0.3) is 0 Å². The summed E-state index contributed by atoms with van der Waals surface area (Å²) in [4.78, 5) is 0. The van der Waals surface area contributed by atoms with Gasteiger partial charge >= 0.3 is 0 Å². The smallest absolute Gasteiger partial charge is 0.125 e. The predicted octanol–water partition coefficient (Wildman–Crippen LogP) is 5.34. The second-order valence-electron chi connectivity index (χ2n) is 5.46. The van der Waals surface area contributed by atoms with E-state index in [4.69, 9.17) is 9.47 Å². The van der Waals surface area contributed by atoms with E-state index in [-0.39, 0.29) is 10.3 Å². The summed E-state index contributed by atoms with van der Waals surface area (Å²) in [6.45, 7) is 2.00. The quantitative estimate of drug-likeness (QED) is 0.734. The molecule has 0 aromatic heterocycles. The molecule has 19 heavy (non-hydrogen) atoms. The molecule has 1 aromatic carbocycles. The maximum absolute atomic E-state index is 5.11. The van der Waals surface area contributed by atoms with Crippen LogP contribution in [0.3, 0.4) is 0 Å². The molecule has 0 saturated heterocycles. The van der Waals surface area contributed by atoms with Crippen molar-refractivity contribution >= 4 is 0 Å². The van der Waals surface area contributed by atoms with Gasteiger partial charge in [-0.2, -0.15) is 0 Å². The Labute approximate surface area is 121 Å². The van der Waals surface area contributed by atoms with Crippen molar-refractivity contribution < 1.29 is 12.3 Å². The van der Waals surface area contributed by atoms with Gasteiger partial charge in [0.15, 0.2) is 0 Å². The molecule has 1 aromatic rings. The zero-order valence-corrected chi connectivity index (χ0v) is 11.7. The third-order valence-electron chi connectivity index (χ3n) is 3.68. The van der Waals surface area contributed by atoms with Crippen LogP contribution in [0.4, 0.5) is 0 Å². The van der Waals surface area contributed by atoms with Crippen LogP contribution in [0.15, 0.2) is 18.2 Å². The first-order valence-corrected chi connectivity index (χ1v) is 6.91. The third-order valence-corrected chi connectivity index (χ3v) is 3.68. The molecule has 0 atom stereocenters. The van der Waals surface area contributed by atoms with Crippen LogP contribution in [0.5, 0.6) is 11.5 Å². The van der Waals surface area contributed by atoms with E-state index in [1.807, 2.05) is 25.1 Å². The lowest BCUT2D eigenvalue weighted by molar-refractivity contribution is 0.392. The van der Waals surface area contributed by atoms with Crippen LogP contribution in [0.2, 0.25) is 0 Å². The Morgan fingerprint density at radius 1 is 1.05 bits per heavy atom. The van der Waals surface area contributed by atoms with Gasteiger partial charge in [-0.1, -0.05) is 39.2 Å². The molecule has 0 aliphatic heterocycles. The van der Waals surface area contributed by atoms with Crippen molar-refractivity contribution in [3.05, 3.63) is 23.8 Å². The first-order valence-electron chi connectivity index (χ1n) is 6.91. The number of hydrogen-bond acceptors (Lipinski definition) is 2. The Morgan fingerprint density at radius 2 is 1.63 bits per heavy atom. The van der Waals surface area contributed by atoms with E-state index in [0.717, 1.165) is 17.1 Å². The fraction of sp³-hybridized carbons (Fsp3) is 0.647. The molecule has 0 unspecified atom stereocenters. The van der Waals surface area contributed by atoms with Crippen LogP contribution < -0.4 is 9.47 Å². The van der Waals surface area contributed by atoms with Crippen LogP contribution in [0.1, 0.15) is 47.9 Å². The molecule has 0 spiro atoms. The Balaban J connectivity index is 0. The standard InChI is InChI=1S/C9H12O2.C7H12.CH4.2H2/c1-7-4-5-8(10-2)6-9(7)11-3;1-2-6(1)5-7-3-4-7;;;/h4-6H,1-3H3;6-7H,1-5H2;1H4;2*1H. The highest BCUT2D eigenvalue weighted by Gasteiger charge is 2.30. The Kier molecular flexibility index (Phi) is 6.20. The molecule has 0 heterocycles. The van der Waals surface area contributed by atoms with Gasteiger partial charge in [0.05, 0.1) is 14.2 Å². The van der Waals surface area contributed by atoms with Gasteiger partial charge in [-0.15, -0.1) is 0 Å². The maximum Gasteiger partial charge on any atom is 0.125 e. The molecule has 112 valence electrons. The lowest BCUT2D eigenvalue weighted by atomic mass is 10.2. The molecule has 2 nitrogen and oxygen atoms in total. The van der Waals surface area contributed by atoms with Crippen molar-refractivity contribution in [2.75, 3.05) is 14.2 Å². The summed E-state index contributed by atoms with van der Waals surface area (Å²) >= 11 is 0. The second kappa shape index (κ2) is 7.42. The Hall–Kier alpha value is -1.18. The van der Waals surface area contributed by atoms with Crippen LogP contribution in [-0.2, 0) is 0 Å². The van der Waals surface area contributed by atoms with E-state index < -0.39 is 0 Å². The van der Waals surface area contributed by atoms with Crippen LogP contribution in [0, 0.1) is 18.8 Å². The van der Waals surface area contributed by atoms with E-state index in [1.54, 1.807) is 46.3 Å². The highest BCUT2D eigenvalue weighted by Crippen LogP contribution is 2.43. The number of ether oxygens (including phenoxy) is 2. The molecule has 0 bridgehead atoms. The van der Waals surface area contributed by atoms with E-state index in [1.165, 1.54) is 11.8 Å². The summed E-state index contributed by atoms with van der Waals surface area (Å²) in [5.41, 5.74) is 1.12. The zero-order valence-electron chi connectivity index (χ0n) is 11.7. The number of hydrogen-bond donors (Lipinski definition) is 0. The van der Waals surface area contributed by atoms with E-state index in [2.05, 4.69) is 0 Å². The predicted molar refractivity (Wildman–Crippen MR) is 85.3 cm³/mol. The van der Waals surface area contributed by atoms with Gasteiger partial charge in [0, 0.05) is 8.92 Å². The van der Waals surface area contributed by atoms with E-state index >= 15 is 0 Å². The number of benzene rings is 1. The average molecular weight is 268 g/mol. The summed E-state index contributed by atoms with van der Waals surface area (Å²) in [6, 6.07) is 5.75. The Morgan fingerprint density at radius 3 is 2.05 bits per heavy atom. The molecule has 2 saturated carbocycles. The van der Waals surface area contributed by atoms with Gasteiger partial charge in [0.25, 0.3) is 0 Å². The van der Waals surface area contributed by atoms with Crippen LogP contribution >= 0.6 is 0 Å². The van der Waals surface area contributed by atoms with Gasteiger partial charge in [0.2, 0.25) is 0 Å². The lowest BCUT2D eigenvalue weighted by Crippen LogP contribution is -1.88. The molecule has 3 rings (SSSR count). The fourth-order valence-corrected chi connectivity index (χ4v) is 2.11. The molecular formula is C17H32O2. The first kappa shape index (κ1) is 15.9. The van der Waals surface area contributed by atoms with Crippen molar-refractivity contribution in [1.82, 2.24) is 0 Å². The average Bonchev–Trinajstić information content (AvgIpc) is 3.28. The van der Waals surface area contributed by atoms with Crippen molar-refractivity contribution in [3.63, 3.8) is 0 Å². The Bertz CT molecular complexity index is 378. The van der Waals surface area contributed by atoms with E-state index in [9.17, 15) is 0 Å². The van der Waals surface area contributed by atoms with Crippen molar-refractivity contribution in [1.29, 1.82) is 0 Å². The normalized spacial score (nSPS) is 16.8. The summed E-state index contributed by atoms with van der Waals surface area (Å²) in [5.74, 6) is 4.07. The van der Waals surface area contributed by atoms with Crippen molar-refractivity contribution in [2.45, 2.75) is 46.5 Å². The molecule has 2 aliphatic carbocycles. The summed E-state index contributed by atoms with van der Waals surface area (Å²) < 4.78 is 10.1. The van der Waals surface area contributed by atoms with Crippen molar-refractivity contribution in [3.8, 4) is 11.5 Å². The molecule has 0 N–H and O–H groups in total. The van der Waals surface area contributed by atoms with Gasteiger partial charge in [0.1, 0.15) is 11.5 Å². The van der Waals surface area contributed by atoms with Gasteiger partial charge in [-0.05, 0) is 36.8 Å². The summed E-state index contributed by atoms with van der Waals surface area (Å²) in [7, 11) is 3.30. The topological polar surface area (TPSA) is 18.5 Å². The monoisotopic (exact) mass is 268 g/mol. The second-order valence-corrected chi connectivity index (χ2v) is 5.46. The maximum atomic E-state index is 5.11. The minimum atomic E-state index is 0. The largest absolute Gasteiger partial charge is 0.497 e. The number of rotatable bonds is 4. The minimum Gasteiger partial charge on any atom is -0.497 e. The van der Waals surface area contributed by atoms with Gasteiger partial charge in [-0.25, -0.2) is 0 Å². The molecule has 2 fully saturated rings. The number of methoxy groups -OCH3 is 2. The van der Waals surface area contributed by atoms with Gasteiger partial charge in [-0.3, -0.25) is 0 Å². The SMILES string of the molecule is C.C1CC1CC1CC1.COc1ccc(C)c(OC)c1.[HH].[HH]. The zero-order chi connectivity index (χ0) is 13.0. The van der Waals surface area contributed by atoms with E-state index in [0.29, 0.717) is 0 Å². The van der Waals surface area contributed by atoms with Gasteiger partial charge < -0.3 is 9.47 Å². The lowest BCUT2D eigenvalue weighted by Gasteiger charge is -2.05. The molecular weight excluding hydrogens is 236 g/mol. The minimum absolute atomic E-state index is 0. The number of aryl methyl sites for hydroxylation is 1. The highest BCUT2D eigenvalue weighted by atomic mass is 16.5.